The predicted octanol–water partition coefficient (Wildman–Crippen LogP) is 3.53. The minimum atomic E-state index is -0.596. The van der Waals surface area contributed by atoms with Crippen molar-refractivity contribution < 1.29 is 18.7 Å². The van der Waals surface area contributed by atoms with Gasteiger partial charge in [-0.2, -0.15) is 0 Å². The van der Waals surface area contributed by atoms with Crippen molar-refractivity contribution in [1.29, 1.82) is 0 Å². The largest absolute Gasteiger partial charge is 0.496 e. The highest BCUT2D eigenvalue weighted by Crippen LogP contribution is 2.41. The molecule has 2 amide bonds. The van der Waals surface area contributed by atoms with E-state index >= 15 is 4.39 Å². The summed E-state index contributed by atoms with van der Waals surface area (Å²) < 4.78 is 21.7. The third-order valence-corrected chi connectivity index (χ3v) is 7.79. The van der Waals surface area contributed by atoms with Gasteiger partial charge in [0.25, 0.3) is 5.91 Å². The van der Waals surface area contributed by atoms with Crippen LogP contribution in [-0.4, -0.2) is 55.0 Å². The number of hydrogen-bond donors (Lipinski definition) is 2. The lowest BCUT2D eigenvalue weighted by Gasteiger charge is -2.25. The summed E-state index contributed by atoms with van der Waals surface area (Å²) in [7, 11) is 3.14. The average molecular weight is 465 g/mol. The summed E-state index contributed by atoms with van der Waals surface area (Å²) in [4.78, 5) is 31.3. The van der Waals surface area contributed by atoms with Gasteiger partial charge in [0.1, 0.15) is 11.3 Å². The number of halogens is 1. The molecular weight excluding hydrogens is 439 g/mol. The molecule has 2 N–H and O–H groups in total. The van der Waals surface area contributed by atoms with Crippen molar-refractivity contribution in [2.45, 2.75) is 41.3 Å². The molecule has 10 heteroatoms. The lowest BCUT2D eigenvalue weighted by atomic mass is 10.1. The van der Waals surface area contributed by atoms with Gasteiger partial charge >= 0.3 is 0 Å². The van der Waals surface area contributed by atoms with Crippen molar-refractivity contribution in [2.75, 3.05) is 32.6 Å². The van der Waals surface area contributed by atoms with E-state index in [1.807, 2.05) is 0 Å². The molecule has 1 aliphatic heterocycles. The number of likely N-dealkylation sites (N-methyl/N-ethyl adjacent to an activating group) is 1. The highest BCUT2D eigenvalue weighted by atomic mass is 32.2. The second kappa shape index (κ2) is 9.13. The fourth-order valence-corrected chi connectivity index (χ4v) is 5.47. The summed E-state index contributed by atoms with van der Waals surface area (Å²) in [6.07, 6.45) is 4.27. The Morgan fingerprint density at radius 2 is 2.16 bits per heavy atom. The van der Waals surface area contributed by atoms with E-state index in [0.717, 1.165) is 30.0 Å². The maximum absolute atomic E-state index is 15.6. The number of nitrogens with zero attached hydrogens (tertiary/aromatic N) is 2. The topological polar surface area (TPSA) is 83.6 Å². The van der Waals surface area contributed by atoms with Crippen molar-refractivity contribution in [3.05, 3.63) is 29.2 Å². The summed E-state index contributed by atoms with van der Waals surface area (Å²) in [5.74, 6) is -0.700. The number of benzene rings is 1. The Bertz CT molecular complexity index is 1000. The van der Waals surface area contributed by atoms with E-state index in [-0.39, 0.29) is 29.2 Å². The molecule has 0 spiro atoms. The van der Waals surface area contributed by atoms with Gasteiger partial charge in [-0.3, -0.25) is 9.59 Å². The number of anilines is 1. The van der Waals surface area contributed by atoms with Crippen LogP contribution < -0.4 is 15.4 Å². The Kier molecular flexibility index (Phi) is 6.49. The van der Waals surface area contributed by atoms with Crippen molar-refractivity contribution in [3.8, 4) is 5.75 Å². The highest BCUT2D eigenvalue weighted by Gasteiger charge is 2.31. The minimum absolute atomic E-state index is 0.0185. The molecule has 2 aromatic rings. The van der Waals surface area contributed by atoms with Gasteiger partial charge in [0.05, 0.1) is 22.4 Å². The molecule has 166 valence electrons. The number of rotatable bonds is 7. The fourth-order valence-electron chi connectivity index (χ4n) is 3.54. The molecular formula is C21H25FN4O3S2. The van der Waals surface area contributed by atoms with Gasteiger partial charge in [0, 0.05) is 25.6 Å². The average Bonchev–Trinajstić information content (AvgIpc) is 3.28. The highest BCUT2D eigenvalue weighted by molar-refractivity contribution is 8.01. The molecule has 1 saturated carbocycles. The normalized spacial score (nSPS) is 18.1. The number of carbonyl (C=O) groups is 2. The molecule has 1 aromatic heterocycles. The van der Waals surface area contributed by atoms with Crippen LogP contribution in [0.2, 0.25) is 0 Å². The van der Waals surface area contributed by atoms with Gasteiger partial charge in [-0.25, -0.2) is 9.37 Å². The van der Waals surface area contributed by atoms with Crippen LogP contribution in [0.3, 0.4) is 0 Å². The molecule has 1 aliphatic carbocycles. The second-order valence-electron chi connectivity index (χ2n) is 7.83. The molecule has 2 heterocycles. The summed E-state index contributed by atoms with van der Waals surface area (Å²) in [5, 5.41) is 6.53. The number of aryl methyl sites for hydroxylation is 1. The van der Waals surface area contributed by atoms with Crippen LogP contribution in [0.5, 0.6) is 5.75 Å². The summed E-state index contributed by atoms with van der Waals surface area (Å²) in [5.41, 5.74) is 0.606. The number of amides is 2. The third-order valence-electron chi connectivity index (χ3n) is 5.57. The molecule has 0 unspecified atom stereocenters. The first-order valence-electron chi connectivity index (χ1n) is 10.2. The van der Waals surface area contributed by atoms with Gasteiger partial charge in [-0.1, -0.05) is 23.1 Å². The Morgan fingerprint density at radius 3 is 2.81 bits per heavy atom. The van der Waals surface area contributed by atoms with Crippen LogP contribution in [0.4, 0.5) is 9.52 Å². The summed E-state index contributed by atoms with van der Waals surface area (Å²) in [6.45, 7) is 3.31. The maximum atomic E-state index is 15.6. The van der Waals surface area contributed by atoms with Crippen molar-refractivity contribution >= 4 is 40.0 Å². The molecule has 0 radical (unpaired) electrons. The van der Waals surface area contributed by atoms with E-state index < -0.39 is 11.7 Å². The smallest absolute Gasteiger partial charge is 0.260 e. The molecule has 1 aromatic carbocycles. The van der Waals surface area contributed by atoms with E-state index in [1.165, 1.54) is 30.2 Å². The van der Waals surface area contributed by atoms with Crippen molar-refractivity contribution in [1.82, 2.24) is 15.2 Å². The predicted molar refractivity (Wildman–Crippen MR) is 119 cm³/mol. The SMILES string of the molecule is COc1cc(C)c(Sc2cnc(NC(=O)C3CC3)s2)c(F)c1C(=O)N(C)[C@@H]1CCNC1. The van der Waals surface area contributed by atoms with E-state index in [4.69, 9.17) is 4.74 Å². The first-order chi connectivity index (χ1) is 14.9. The number of nitrogens with one attached hydrogen (secondary N) is 2. The van der Waals surface area contributed by atoms with Crippen LogP contribution in [0.25, 0.3) is 0 Å². The summed E-state index contributed by atoms with van der Waals surface area (Å²) >= 11 is 2.49. The van der Waals surface area contributed by atoms with E-state index in [2.05, 4.69) is 15.6 Å². The molecule has 1 saturated heterocycles. The quantitative estimate of drug-likeness (QED) is 0.652. The summed E-state index contributed by atoms with van der Waals surface area (Å²) in [6, 6.07) is 1.71. The van der Waals surface area contributed by atoms with E-state index in [9.17, 15) is 9.59 Å². The third kappa shape index (κ3) is 4.70. The molecule has 1 atom stereocenters. The molecule has 0 bridgehead atoms. The number of aromatic nitrogens is 1. The standard InChI is InChI=1S/C21H25FN4O3S2/c1-11-8-14(29-3)16(20(28)26(2)13-6-7-23-9-13)17(22)18(11)30-15-10-24-21(31-15)25-19(27)12-4-5-12/h8,10,12-13,23H,4-7,9H2,1-3H3,(H,24,25,27)/t13-/m1/s1. The van der Waals surface area contributed by atoms with E-state index in [1.54, 1.807) is 31.1 Å². The number of carbonyl (C=O) groups excluding carboxylic acids is 2. The molecule has 2 fully saturated rings. The van der Waals surface area contributed by atoms with Crippen LogP contribution >= 0.6 is 23.1 Å². The lowest BCUT2D eigenvalue weighted by Crippen LogP contribution is -2.39. The molecule has 7 nitrogen and oxygen atoms in total. The lowest BCUT2D eigenvalue weighted by molar-refractivity contribution is -0.117. The van der Waals surface area contributed by atoms with Crippen LogP contribution in [0.1, 0.15) is 35.2 Å². The van der Waals surface area contributed by atoms with Gasteiger partial charge in [0.2, 0.25) is 5.91 Å². The first kappa shape index (κ1) is 22.0. The van der Waals surface area contributed by atoms with E-state index in [0.29, 0.717) is 22.1 Å². The Balaban J connectivity index is 1.59. The number of hydrogen-bond acceptors (Lipinski definition) is 7. The van der Waals surface area contributed by atoms with Gasteiger partial charge in [-0.05, 0) is 44.4 Å². The zero-order valence-corrected chi connectivity index (χ0v) is 19.3. The Labute approximate surface area is 188 Å². The van der Waals surface area contributed by atoms with Crippen molar-refractivity contribution in [3.63, 3.8) is 0 Å². The van der Waals surface area contributed by atoms with Crippen LogP contribution in [-0.2, 0) is 4.79 Å². The molecule has 4 rings (SSSR count). The molecule has 31 heavy (non-hydrogen) atoms. The number of thiazole rings is 1. The fraction of sp³-hybridized carbons (Fsp3) is 0.476. The first-order valence-corrected chi connectivity index (χ1v) is 11.8. The van der Waals surface area contributed by atoms with Crippen molar-refractivity contribution in [2.24, 2.45) is 5.92 Å². The zero-order chi connectivity index (χ0) is 22.1. The monoisotopic (exact) mass is 464 g/mol. The van der Waals surface area contributed by atoms with Gasteiger partial charge in [0.15, 0.2) is 10.9 Å². The number of ether oxygens (including phenoxy) is 1. The van der Waals surface area contributed by atoms with Gasteiger partial charge in [-0.15, -0.1) is 0 Å². The zero-order valence-electron chi connectivity index (χ0n) is 17.7. The Morgan fingerprint density at radius 1 is 1.39 bits per heavy atom. The van der Waals surface area contributed by atoms with Crippen LogP contribution in [0, 0.1) is 18.7 Å². The van der Waals surface area contributed by atoms with Crippen LogP contribution in [0.15, 0.2) is 21.4 Å². The maximum Gasteiger partial charge on any atom is 0.260 e. The minimum Gasteiger partial charge on any atom is -0.496 e. The second-order valence-corrected chi connectivity index (χ2v) is 10.2. The number of methoxy groups -OCH3 is 1. The molecule has 2 aliphatic rings. The Hall–Kier alpha value is -2.17. The van der Waals surface area contributed by atoms with Gasteiger partial charge < -0.3 is 20.3 Å².